The van der Waals surface area contributed by atoms with Crippen LogP contribution in [0.5, 0.6) is 5.75 Å². The van der Waals surface area contributed by atoms with E-state index in [1.807, 2.05) is 30.3 Å². The zero-order valence-corrected chi connectivity index (χ0v) is 11.5. The Balaban J connectivity index is 2.18. The van der Waals surface area contributed by atoms with Crippen LogP contribution < -0.4 is 4.74 Å². The van der Waals surface area contributed by atoms with E-state index >= 15 is 0 Å². The summed E-state index contributed by atoms with van der Waals surface area (Å²) >= 11 is 3.25. The van der Waals surface area contributed by atoms with Gasteiger partial charge in [0.2, 0.25) is 0 Å². The largest absolute Gasteiger partial charge is 0.488 e. The molecule has 0 bridgehead atoms. The molecule has 98 valence electrons. The molecule has 0 heterocycles. The summed E-state index contributed by atoms with van der Waals surface area (Å²) < 4.78 is 31.1. The SMILES string of the molecule is FC(F)=Cc1cc(Br)ccc1OCc1ccccc1. The number of rotatable bonds is 4. The van der Waals surface area contributed by atoms with Crippen molar-refractivity contribution in [1.29, 1.82) is 0 Å². The van der Waals surface area contributed by atoms with Gasteiger partial charge in [0.15, 0.2) is 0 Å². The quantitative estimate of drug-likeness (QED) is 0.744. The van der Waals surface area contributed by atoms with E-state index in [-0.39, 0.29) is 0 Å². The molecule has 0 saturated heterocycles. The normalized spacial score (nSPS) is 10.1. The van der Waals surface area contributed by atoms with Crippen LogP contribution >= 0.6 is 15.9 Å². The van der Waals surface area contributed by atoms with E-state index in [1.165, 1.54) is 0 Å². The van der Waals surface area contributed by atoms with E-state index in [1.54, 1.807) is 18.2 Å². The van der Waals surface area contributed by atoms with Gasteiger partial charge in [0.1, 0.15) is 12.4 Å². The molecule has 0 saturated carbocycles. The molecule has 0 atom stereocenters. The van der Waals surface area contributed by atoms with Crippen LogP contribution in [-0.2, 0) is 6.61 Å². The molecule has 0 unspecified atom stereocenters. The van der Waals surface area contributed by atoms with Gasteiger partial charge in [-0.1, -0.05) is 46.3 Å². The van der Waals surface area contributed by atoms with Gasteiger partial charge in [0, 0.05) is 16.1 Å². The van der Waals surface area contributed by atoms with E-state index in [2.05, 4.69) is 15.9 Å². The molecule has 0 fully saturated rings. The molecule has 0 aliphatic rings. The van der Waals surface area contributed by atoms with Crippen molar-refractivity contribution < 1.29 is 13.5 Å². The highest BCUT2D eigenvalue weighted by Gasteiger charge is 2.05. The van der Waals surface area contributed by atoms with Gasteiger partial charge in [-0.15, -0.1) is 0 Å². The molecule has 2 rings (SSSR count). The highest BCUT2D eigenvalue weighted by atomic mass is 79.9. The minimum absolute atomic E-state index is 0.344. The summed E-state index contributed by atoms with van der Waals surface area (Å²) in [6.07, 6.45) is -0.951. The molecule has 0 aromatic heterocycles. The molecule has 2 aromatic carbocycles. The van der Waals surface area contributed by atoms with Gasteiger partial charge in [-0.2, -0.15) is 8.78 Å². The lowest BCUT2D eigenvalue weighted by molar-refractivity contribution is 0.305. The lowest BCUT2D eigenvalue weighted by atomic mass is 10.2. The average molecular weight is 325 g/mol. The summed E-state index contributed by atoms with van der Waals surface area (Å²) in [5.41, 5.74) is 1.34. The fourth-order valence-electron chi connectivity index (χ4n) is 1.62. The molecule has 0 radical (unpaired) electrons. The van der Waals surface area contributed by atoms with Gasteiger partial charge < -0.3 is 4.74 Å². The maximum absolute atomic E-state index is 12.4. The Labute approximate surface area is 118 Å². The summed E-state index contributed by atoms with van der Waals surface area (Å²) in [6.45, 7) is 0.344. The Hall–Kier alpha value is -1.68. The van der Waals surface area contributed by atoms with Crippen LogP contribution in [0.1, 0.15) is 11.1 Å². The van der Waals surface area contributed by atoms with Crippen LogP contribution in [0.3, 0.4) is 0 Å². The Morgan fingerprint density at radius 1 is 1.11 bits per heavy atom. The van der Waals surface area contributed by atoms with Crippen molar-refractivity contribution in [2.75, 3.05) is 0 Å². The van der Waals surface area contributed by atoms with Gasteiger partial charge in [-0.3, -0.25) is 0 Å². The highest BCUT2D eigenvalue weighted by molar-refractivity contribution is 9.10. The zero-order chi connectivity index (χ0) is 13.7. The first kappa shape index (κ1) is 13.7. The predicted octanol–water partition coefficient (Wildman–Crippen LogP) is 5.27. The second-order valence-corrected chi connectivity index (χ2v) is 4.81. The minimum atomic E-state index is -1.75. The second kappa shape index (κ2) is 6.48. The fraction of sp³-hybridized carbons (Fsp3) is 0.0667. The first-order valence-corrected chi connectivity index (χ1v) is 6.43. The van der Waals surface area contributed by atoms with Gasteiger partial charge >= 0.3 is 0 Å². The third-order valence-corrected chi connectivity index (χ3v) is 2.97. The first-order valence-electron chi connectivity index (χ1n) is 5.64. The van der Waals surface area contributed by atoms with Crippen LogP contribution in [0.2, 0.25) is 0 Å². The summed E-state index contributed by atoms with van der Waals surface area (Å²) in [6, 6.07) is 14.6. The summed E-state index contributed by atoms with van der Waals surface area (Å²) in [7, 11) is 0. The van der Waals surface area contributed by atoms with Gasteiger partial charge in [0.05, 0.1) is 0 Å². The Morgan fingerprint density at radius 2 is 1.84 bits per heavy atom. The smallest absolute Gasteiger partial charge is 0.271 e. The number of halogens is 3. The molecule has 4 heteroatoms. The zero-order valence-electron chi connectivity index (χ0n) is 9.95. The molecular weight excluding hydrogens is 314 g/mol. The summed E-state index contributed by atoms with van der Waals surface area (Å²) in [4.78, 5) is 0. The minimum Gasteiger partial charge on any atom is -0.488 e. The van der Waals surface area contributed by atoms with Crippen molar-refractivity contribution in [3.63, 3.8) is 0 Å². The number of benzene rings is 2. The van der Waals surface area contributed by atoms with Crippen LogP contribution in [0, 0.1) is 0 Å². The maximum atomic E-state index is 12.4. The molecule has 0 aliphatic heterocycles. The number of hydrogen-bond acceptors (Lipinski definition) is 1. The van der Waals surface area contributed by atoms with Crippen LogP contribution in [-0.4, -0.2) is 0 Å². The van der Waals surface area contributed by atoms with E-state index in [9.17, 15) is 8.78 Å². The average Bonchev–Trinajstić information content (AvgIpc) is 2.38. The second-order valence-electron chi connectivity index (χ2n) is 3.89. The van der Waals surface area contributed by atoms with Gasteiger partial charge in [0.25, 0.3) is 6.08 Å². The van der Waals surface area contributed by atoms with Crippen molar-refractivity contribution in [2.45, 2.75) is 6.61 Å². The third kappa shape index (κ3) is 4.17. The van der Waals surface area contributed by atoms with Gasteiger partial charge in [-0.25, -0.2) is 0 Å². The van der Waals surface area contributed by atoms with E-state index in [4.69, 9.17) is 4.74 Å². The molecule has 1 nitrogen and oxygen atoms in total. The molecule has 2 aromatic rings. The van der Waals surface area contributed by atoms with Crippen LogP contribution in [0.25, 0.3) is 6.08 Å². The standard InChI is InChI=1S/C15H11BrF2O/c16-13-6-7-14(12(8-13)9-15(17)18)19-10-11-4-2-1-3-5-11/h1-9H,10H2. The summed E-state index contributed by atoms with van der Waals surface area (Å²) in [5, 5.41) is 0. The molecular formula is C15H11BrF2O. The van der Waals surface area contributed by atoms with Crippen molar-refractivity contribution in [3.8, 4) is 5.75 Å². The predicted molar refractivity (Wildman–Crippen MR) is 75.1 cm³/mol. The highest BCUT2D eigenvalue weighted by Crippen LogP contribution is 2.26. The topological polar surface area (TPSA) is 9.23 Å². The van der Waals surface area contributed by atoms with Crippen molar-refractivity contribution in [2.24, 2.45) is 0 Å². The Morgan fingerprint density at radius 3 is 2.53 bits per heavy atom. The molecule has 0 aliphatic carbocycles. The van der Waals surface area contributed by atoms with E-state index < -0.39 is 6.08 Å². The van der Waals surface area contributed by atoms with Crippen molar-refractivity contribution >= 4 is 22.0 Å². The summed E-state index contributed by atoms with van der Waals surface area (Å²) in [5.74, 6) is 0.430. The Bertz CT molecular complexity index is 578. The lowest BCUT2D eigenvalue weighted by Gasteiger charge is -2.09. The molecule has 0 spiro atoms. The Kier molecular flexibility index (Phi) is 4.68. The van der Waals surface area contributed by atoms with Crippen molar-refractivity contribution in [3.05, 3.63) is 70.2 Å². The van der Waals surface area contributed by atoms with E-state index in [0.717, 1.165) is 16.1 Å². The van der Waals surface area contributed by atoms with Crippen LogP contribution in [0.4, 0.5) is 8.78 Å². The van der Waals surface area contributed by atoms with E-state index in [0.29, 0.717) is 17.9 Å². The van der Waals surface area contributed by atoms with Crippen LogP contribution in [0.15, 0.2) is 59.1 Å². The molecule has 0 N–H and O–H groups in total. The monoisotopic (exact) mass is 324 g/mol. The van der Waals surface area contributed by atoms with Gasteiger partial charge in [-0.05, 0) is 23.8 Å². The number of ether oxygens (including phenoxy) is 1. The maximum Gasteiger partial charge on any atom is 0.271 e. The first-order chi connectivity index (χ1) is 9.15. The fourth-order valence-corrected chi connectivity index (χ4v) is 2.00. The molecule has 0 amide bonds. The third-order valence-electron chi connectivity index (χ3n) is 2.47. The number of hydrogen-bond donors (Lipinski definition) is 0. The lowest BCUT2D eigenvalue weighted by Crippen LogP contribution is -1.96. The molecule has 19 heavy (non-hydrogen) atoms. The van der Waals surface area contributed by atoms with Crippen molar-refractivity contribution in [1.82, 2.24) is 0 Å².